The number of hydrogen-bond acceptors (Lipinski definition) is 5. The second-order valence-corrected chi connectivity index (χ2v) is 7.69. The third kappa shape index (κ3) is 3.34. The summed E-state index contributed by atoms with van der Waals surface area (Å²) < 4.78 is 6.17. The van der Waals surface area contributed by atoms with Gasteiger partial charge in [-0.1, -0.05) is 24.3 Å². The first kappa shape index (κ1) is 18.0. The predicted molar refractivity (Wildman–Crippen MR) is 103 cm³/mol. The van der Waals surface area contributed by atoms with Crippen LogP contribution in [0.15, 0.2) is 36.4 Å². The van der Waals surface area contributed by atoms with Crippen molar-refractivity contribution in [3.63, 3.8) is 0 Å². The summed E-state index contributed by atoms with van der Waals surface area (Å²) in [6.45, 7) is 4.85. The van der Waals surface area contributed by atoms with Crippen molar-refractivity contribution in [1.29, 1.82) is 0 Å². The fourth-order valence-corrected chi connectivity index (χ4v) is 4.43. The number of nitrogens with zero attached hydrogens (tertiary/aromatic N) is 3. The standard InChI is InChI=1S/C21H27N3O3/c1-3-23-13-15(27-19-11-7-6-10-18(19)23)12-22(2)14-24-20(25)16-8-4-5-9-17(16)21(24)26/h4-7,10-11,15-17H,3,8-9,12-14H2,1-2H3/t15-,16-,17-/m0/s1. The van der Waals surface area contributed by atoms with Gasteiger partial charge in [-0.05, 0) is 38.9 Å². The molecule has 2 heterocycles. The third-order valence-electron chi connectivity index (χ3n) is 5.80. The van der Waals surface area contributed by atoms with Crippen LogP contribution in [0.4, 0.5) is 5.69 Å². The Labute approximate surface area is 160 Å². The van der Waals surface area contributed by atoms with Crippen LogP contribution in [0.1, 0.15) is 19.8 Å². The summed E-state index contributed by atoms with van der Waals surface area (Å²) in [5.74, 6) is 0.528. The van der Waals surface area contributed by atoms with Gasteiger partial charge in [-0.15, -0.1) is 0 Å². The third-order valence-corrected chi connectivity index (χ3v) is 5.80. The molecule has 3 atom stereocenters. The van der Waals surface area contributed by atoms with Crippen molar-refractivity contribution < 1.29 is 14.3 Å². The molecule has 1 aliphatic carbocycles. The predicted octanol–water partition coefficient (Wildman–Crippen LogP) is 2.11. The van der Waals surface area contributed by atoms with E-state index in [1.807, 2.05) is 42.3 Å². The van der Waals surface area contributed by atoms with Crippen LogP contribution in [0.3, 0.4) is 0 Å². The number of carbonyl (C=O) groups is 2. The minimum atomic E-state index is -0.163. The number of rotatable bonds is 5. The highest BCUT2D eigenvalue weighted by Crippen LogP contribution is 2.35. The zero-order valence-corrected chi connectivity index (χ0v) is 16.0. The van der Waals surface area contributed by atoms with Crippen molar-refractivity contribution >= 4 is 17.5 Å². The number of para-hydroxylation sites is 2. The Kier molecular flexibility index (Phi) is 4.91. The number of imide groups is 1. The molecule has 2 amide bonds. The normalized spacial score (nSPS) is 27.0. The summed E-state index contributed by atoms with van der Waals surface area (Å²) in [6.07, 6.45) is 5.41. The van der Waals surface area contributed by atoms with Crippen LogP contribution in [0.25, 0.3) is 0 Å². The lowest BCUT2D eigenvalue weighted by Crippen LogP contribution is -2.48. The Morgan fingerprint density at radius 2 is 1.78 bits per heavy atom. The fraction of sp³-hybridized carbons (Fsp3) is 0.524. The van der Waals surface area contributed by atoms with Crippen molar-refractivity contribution in [2.45, 2.75) is 25.9 Å². The molecule has 0 unspecified atom stereocenters. The number of hydrogen-bond donors (Lipinski definition) is 0. The van der Waals surface area contributed by atoms with Gasteiger partial charge in [0.1, 0.15) is 11.9 Å². The number of likely N-dealkylation sites (N-methyl/N-ethyl adjacent to an activating group) is 2. The number of amides is 2. The van der Waals surface area contributed by atoms with Gasteiger partial charge in [0.05, 0.1) is 30.7 Å². The van der Waals surface area contributed by atoms with E-state index in [1.165, 1.54) is 4.90 Å². The minimum absolute atomic E-state index is 0.00148. The van der Waals surface area contributed by atoms with Gasteiger partial charge in [-0.2, -0.15) is 0 Å². The van der Waals surface area contributed by atoms with E-state index in [4.69, 9.17) is 4.74 Å². The molecular formula is C21H27N3O3. The van der Waals surface area contributed by atoms with Gasteiger partial charge in [-0.25, -0.2) is 0 Å². The van der Waals surface area contributed by atoms with E-state index in [9.17, 15) is 9.59 Å². The number of carbonyl (C=O) groups excluding carboxylic acids is 2. The summed E-state index contributed by atoms with van der Waals surface area (Å²) in [5, 5.41) is 0. The van der Waals surface area contributed by atoms with Gasteiger partial charge in [0.15, 0.2) is 0 Å². The molecule has 2 aliphatic heterocycles. The van der Waals surface area contributed by atoms with Gasteiger partial charge in [0.2, 0.25) is 11.8 Å². The van der Waals surface area contributed by atoms with Crippen LogP contribution in [-0.4, -0.2) is 61.1 Å². The smallest absolute Gasteiger partial charge is 0.234 e. The van der Waals surface area contributed by atoms with Crippen LogP contribution >= 0.6 is 0 Å². The number of ether oxygens (including phenoxy) is 1. The topological polar surface area (TPSA) is 53.1 Å². The maximum atomic E-state index is 12.6. The zero-order chi connectivity index (χ0) is 19.0. The van der Waals surface area contributed by atoms with E-state index >= 15 is 0 Å². The molecule has 1 fully saturated rings. The second kappa shape index (κ2) is 7.35. The van der Waals surface area contributed by atoms with Crippen molar-refractivity contribution in [1.82, 2.24) is 9.80 Å². The van der Waals surface area contributed by atoms with Gasteiger partial charge in [0.25, 0.3) is 0 Å². The molecular weight excluding hydrogens is 342 g/mol. The SMILES string of the molecule is CCN1C[C@H](CN(C)CN2C(=O)[C@H]3CC=CC[C@@H]3C2=O)Oc2ccccc21. The summed E-state index contributed by atoms with van der Waals surface area (Å²) >= 11 is 0. The lowest BCUT2D eigenvalue weighted by molar-refractivity contribution is -0.142. The molecule has 3 aliphatic rings. The van der Waals surface area contributed by atoms with Crippen LogP contribution in [-0.2, 0) is 9.59 Å². The Bertz CT molecular complexity index is 737. The highest BCUT2D eigenvalue weighted by molar-refractivity contribution is 6.05. The number of anilines is 1. The van der Waals surface area contributed by atoms with Gasteiger partial charge < -0.3 is 9.64 Å². The molecule has 6 nitrogen and oxygen atoms in total. The Morgan fingerprint density at radius 3 is 2.44 bits per heavy atom. The Balaban J connectivity index is 1.39. The van der Waals surface area contributed by atoms with Crippen molar-refractivity contribution in [3.8, 4) is 5.75 Å². The molecule has 0 N–H and O–H groups in total. The summed E-state index contributed by atoms with van der Waals surface area (Å²) in [5.41, 5.74) is 1.13. The highest BCUT2D eigenvalue weighted by atomic mass is 16.5. The van der Waals surface area contributed by atoms with Gasteiger partial charge in [-0.3, -0.25) is 19.4 Å². The first-order valence-corrected chi connectivity index (χ1v) is 9.78. The van der Waals surface area contributed by atoms with Crippen LogP contribution in [0.2, 0.25) is 0 Å². The maximum absolute atomic E-state index is 12.6. The van der Waals surface area contributed by atoms with Crippen LogP contribution < -0.4 is 9.64 Å². The minimum Gasteiger partial charge on any atom is -0.485 e. The van der Waals surface area contributed by atoms with Crippen LogP contribution in [0.5, 0.6) is 5.75 Å². The van der Waals surface area contributed by atoms with Gasteiger partial charge >= 0.3 is 0 Å². The number of likely N-dealkylation sites (tertiary alicyclic amines) is 1. The quantitative estimate of drug-likeness (QED) is 0.588. The average molecular weight is 369 g/mol. The maximum Gasteiger partial charge on any atom is 0.234 e. The van der Waals surface area contributed by atoms with E-state index in [-0.39, 0.29) is 29.8 Å². The summed E-state index contributed by atoms with van der Waals surface area (Å²) in [7, 11) is 1.95. The van der Waals surface area contributed by atoms with Crippen molar-refractivity contribution in [3.05, 3.63) is 36.4 Å². The van der Waals surface area contributed by atoms with E-state index in [1.54, 1.807) is 0 Å². The largest absolute Gasteiger partial charge is 0.485 e. The lowest BCUT2D eigenvalue weighted by atomic mass is 9.85. The number of allylic oxidation sites excluding steroid dienone is 2. The molecule has 0 aromatic heterocycles. The number of fused-ring (bicyclic) bond motifs is 2. The molecule has 144 valence electrons. The van der Waals surface area contributed by atoms with E-state index in [2.05, 4.69) is 17.9 Å². The average Bonchev–Trinajstić information content (AvgIpc) is 2.92. The zero-order valence-electron chi connectivity index (χ0n) is 16.0. The van der Waals surface area contributed by atoms with Crippen molar-refractivity contribution in [2.24, 2.45) is 11.8 Å². The molecule has 0 spiro atoms. The van der Waals surface area contributed by atoms with Gasteiger partial charge in [0, 0.05) is 13.1 Å². The monoisotopic (exact) mass is 369 g/mol. The fourth-order valence-electron chi connectivity index (χ4n) is 4.43. The number of benzene rings is 1. The molecule has 1 aromatic carbocycles. The molecule has 0 radical (unpaired) electrons. The van der Waals surface area contributed by atoms with Crippen LogP contribution in [0, 0.1) is 11.8 Å². The molecule has 6 heteroatoms. The molecule has 27 heavy (non-hydrogen) atoms. The summed E-state index contributed by atoms with van der Waals surface area (Å²) in [6, 6.07) is 8.08. The molecule has 0 saturated carbocycles. The van der Waals surface area contributed by atoms with E-state index in [0.29, 0.717) is 26.1 Å². The Morgan fingerprint density at radius 1 is 1.11 bits per heavy atom. The second-order valence-electron chi connectivity index (χ2n) is 7.69. The summed E-state index contributed by atoms with van der Waals surface area (Å²) in [4.78, 5) is 31.1. The first-order chi connectivity index (χ1) is 13.1. The molecule has 1 aromatic rings. The molecule has 0 bridgehead atoms. The molecule has 4 rings (SSSR count). The lowest BCUT2D eigenvalue weighted by Gasteiger charge is -2.37. The highest BCUT2D eigenvalue weighted by Gasteiger charge is 2.47. The van der Waals surface area contributed by atoms with E-state index < -0.39 is 0 Å². The van der Waals surface area contributed by atoms with E-state index in [0.717, 1.165) is 24.5 Å². The first-order valence-electron chi connectivity index (χ1n) is 9.78. The van der Waals surface area contributed by atoms with Crippen molar-refractivity contribution in [2.75, 3.05) is 38.3 Å². The molecule has 1 saturated heterocycles. The Hall–Kier alpha value is -2.34.